The molecule has 0 radical (unpaired) electrons. The number of aliphatic hydroxyl groups excluding tert-OH is 1. The van der Waals surface area contributed by atoms with Gasteiger partial charge in [0, 0.05) is 16.5 Å². The number of benzene rings is 3. The SMILES string of the molecule is CC(C)(CO)c1ccc(C(=O)c2ccccc2)cc1.Cc1ccc(S(=O)(=O)O)cc1. The van der Waals surface area contributed by atoms with Gasteiger partial charge in [0.2, 0.25) is 0 Å². The van der Waals surface area contributed by atoms with Crippen molar-refractivity contribution in [3.05, 3.63) is 101 Å². The Morgan fingerprint density at radius 3 is 1.80 bits per heavy atom. The van der Waals surface area contributed by atoms with Gasteiger partial charge in [-0.15, -0.1) is 0 Å². The van der Waals surface area contributed by atoms with E-state index in [9.17, 15) is 18.3 Å². The second-order valence-electron chi connectivity index (χ2n) is 7.60. The molecule has 30 heavy (non-hydrogen) atoms. The molecule has 3 aromatic rings. The fourth-order valence-electron chi connectivity index (χ4n) is 2.63. The van der Waals surface area contributed by atoms with Crippen molar-refractivity contribution in [2.45, 2.75) is 31.1 Å². The van der Waals surface area contributed by atoms with Crippen LogP contribution in [0.1, 0.15) is 40.9 Å². The lowest BCUT2D eigenvalue weighted by Crippen LogP contribution is -2.22. The van der Waals surface area contributed by atoms with Gasteiger partial charge in [-0.05, 0) is 24.6 Å². The number of carbonyl (C=O) groups is 1. The molecule has 158 valence electrons. The Bertz CT molecular complexity index is 1070. The van der Waals surface area contributed by atoms with Crippen LogP contribution in [0.2, 0.25) is 0 Å². The molecule has 5 nitrogen and oxygen atoms in total. The third-order valence-electron chi connectivity index (χ3n) is 4.68. The third kappa shape index (κ3) is 6.35. The van der Waals surface area contributed by atoms with E-state index in [1.807, 2.05) is 75.4 Å². The number of hydrogen-bond donors (Lipinski definition) is 2. The largest absolute Gasteiger partial charge is 0.395 e. The predicted molar refractivity (Wildman–Crippen MR) is 117 cm³/mol. The summed E-state index contributed by atoms with van der Waals surface area (Å²) in [7, 11) is -4.02. The molecular formula is C24H26O5S. The maximum Gasteiger partial charge on any atom is 0.294 e. The fraction of sp³-hybridized carbons (Fsp3) is 0.208. The molecule has 3 rings (SSSR count). The summed E-state index contributed by atoms with van der Waals surface area (Å²) in [6.45, 7) is 5.87. The number of hydrogen-bond acceptors (Lipinski definition) is 4. The molecule has 0 aliphatic heterocycles. The molecule has 0 atom stereocenters. The molecule has 0 unspecified atom stereocenters. The zero-order valence-corrected chi connectivity index (χ0v) is 18.1. The van der Waals surface area contributed by atoms with Crippen LogP contribution in [0.3, 0.4) is 0 Å². The number of aliphatic hydroxyl groups is 1. The summed E-state index contributed by atoms with van der Waals surface area (Å²) in [5.41, 5.74) is 3.06. The highest BCUT2D eigenvalue weighted by molar-refractivity contribution is 7.85. The molecule has 0 bridgehead atoms. The van der Waals surface area contributed by atoms with Crippen LogP contribution in [0.25, 0.3) is 0 Å². The standard InChI is InChI=1S/C17H18O2.C7H8O3S/c1-17(2,12-18)15-10-8-14(9-11-15)16(19)13-6-4-3-5-7-13;1-6-2-4-7(5-3-6)11(8,9)10/h3-11,18H,12H2,1-2H3;2-5H,1H3,(H,8,9,10). The Kier molecular flexibility index (Phi) is 7.67. The minimum atomic E-state index is -4.02. The summed E-state index contributed by atoms with van der Waals surface area (Å²) >= 11 is 0. The van der Waals surface area contributed by atoms with E-state index in [-0.39, 0.29) is 22.7 Å². The summed E-state index contributed by atoms with van der Waals surface area (Å²) in [5.74, 6) is 0.0222. The topological polar surface area (TPSA) is 91.7 Å². The van der Waals surface area contributed by atoms with Crippen LogP contribution in [0.4, 0.5) is 0 Å². The van der Waals surface area contributed by atoms with Crippen LogP contribution in [0.5, 0.6) is 0 Å². The van der Waals surface area contributed by atoms with Gasteiger partial charge in [0.15, 0.2) is 5.78 Å². The molecule has 0 saturated carbocycles. The van der Waals surface area contributed by atoms with Gasteiger partial charge in [0.05, 0.1) is 11.5 Å². The highest BCUT2D eigenvalue weighted by Gasteiger charge is 2.19. The first-order valence-electron chi connectivity index (χ1n) is 9.40. The zero-order chi connectivity index (χ0) is 22.4. The summed E-state index contributed by atoms with van der Waals surface area (Å²) in [6.07, 6.45) is 0. The quantitative estimate of drug-likeness (QED) is 0.465. The van der Waals surface area contributed by atoms with Crippen LogP contribution in [0.15, 0.2) is 83.8 Å². The van der Waals surface area contributed by atoms with E-state index in [0.29, 0.717) is 11.1 Å². The molecule has 0 heterocycles. The van der Waals surface area contributed by atoms with E-state index < -0.39 is 10.1 Å². The molecule has 0 aliphatic carbocycles. The maximum atomic E-state index is 12.2. The molecule has 0 amide bonds. The fourth-order valence-corrected chi connectivity index (χ4v) is 3.11. The molecule has 0 spiro atoms. The van der Waals surface area contributed by atoms with Crippen molar-refractivity contribution >= 4 is 15.9 Å². The minimum Gasteiger partial charge on any atom is -0.395 e. The van der Waals surface area contributed by atoms with Crippen molar-refractivity contribution in [3.63, 3.8) is 0 Å². The number of aryl methyl sites for hydroxylation is 1. The summed E-state index contributed by atoms with van der Waals surface area (Å²) in [6, 6.07) is 22.7. The molecule has 0 saturated heterocycles. The van der Waals surface area contributed by atoms with Crippen LogP contribution < -0.4 is 0 Å². The maximum absolute atomic E-state index is 12.2. The Morgan fingerprint density at radius 1 is 0.833 bits per heavy atom. The third-order valence-corrected chi connectivity index (χ3v) is 5.55. The number of rotatable bonds is 5. The molecular weight excluding hydrogens is 400 g/mol. The van der Waals surface area contributed by atoms with E-state index in [2.05, 4.69) is 0 Å². The monoisotopic (exact) mass is 426 g/mol. The minimum absolute atomic E-state index is 0.0222. The first kappa shape index (κ1) is 23.5. The van der Waals surface area contributed by atoms with Crippen LogP contribution in [-0.2, 0) is 15.5 Å². The first-order chi connectivity index (χ1) is 14.0. The average Bonchev–Trinajstić information content (AvgIpc) is 2.74. The number of carbonyl (C=O) groups excluding carboxylic acids is 1. The lowest BCUT2D eigenvalue weighted by molar-refractivity contribution is 0.103. The Labute approximate surface area is 177 Å². The van der Waals surface area contributed by atoms with Gasteiger partial charge >= 0.3 is 0 Å². The molecule has 0 fully saturated rings. The van der Waals surface area contributed by atoms with Gasteiger partial charge in [-0.2, -0.15) is 8.42 Å². The molecule has 3 aromatic carbocycles. The molecule has 0 aromatic heterocycles. The van der Waals surface area contributed by atoms with Gasteiger partial charge in [-0.25, -0.2) is 0 Å². The second kappa shape index (κ2) is 9.80. The zero-order valence-electron chi connectivity index (χ0n) is 17.2. The Balaban J connectivity index is 0.000000248. The van der Waals surface area contributed by atoms with E-state index in [4.69, 9.17) is 4.55 Å². The summed E-state index contributed by atoms with van der Waals surface area (Å²) in [5, 5.41) is 9.34. The Hall–Kier alpha value is -2.80. The van der Waals surface area contributed by atoms with Crippen LogP contribution in [-0.4, -0.2) is 30.5 Å². The lowest BCUT2D eigenvalue weighted by Gasteiger charge is -2.22. The van der Waals surface area contributed by atoms with Gasteiger partial charge in [-0.1, -0.05) is 86.1 Å². The van der Waals surface area contributed by atoms with Crippen molar-refractivity contribution in [1.29, 1.82) is 0 Å². The van der Waals surface area contributed by atoms with E-state index in [0.717, 1.165) is 11.1 Å². The predicted octanol–water partition coefficient (Wildman–Crippen LogP) is 4.43. The van der Waals surface area contributed by atoms with Gasteiger partial charge in [-0.3, -0.25) is 9.35 Å². The normalized spacial score (nSPS) is 11.4. The number of ketones is 1. The van der Waals surface area contributed by atoms with E-state index in [1.165, 1.54) is 12.1 Å². The highest BCUT2D eigenvalue weighted by atomic mass is 32.2. The molecule has 2 N–H and O–H groups in total. The lowest BCUT2D eigenvalue weighted by atomic mass is 9.85. The summed E-state index contributed by atoms with van der Waals surface area (Å²) < 4.78 is 29.6. The first-order valence-corrected chi connectivity index (χ1v) is 10.8. The molecule has 6 heteroatoms. The summed E-state index contributed by atoms with van der Waals surface area (Å²) in [4.78, 5) is 12.2. The second-order valence-corrected chi connectivity index (χ2v) is 9.02. The van der Waals surface area contributed by atoms with Crippen LogP contribution >= 0.6 is 0 Å². The molecule has 0 aliphatic rings. The van der Waals surface area contributed by atoms with Gasteiger partial charge in [0.1, 0.15) is 0 Å². The smallest absolute Gasteiger partial charge is 0.294 e. The van der Waals surface area contributed by atoms with Crippen molar-refractivity contribution in [1.82, 2.24) is 0 Å². The van der Waals surface area contributed by atoms with Crippen molar-refractivity contribution in [2.24, 2.45) is 0 Å². The van der Waals surface area contributed by atoms with Crippen molar-refractivity contribution in [3.8, 4) is 0 Å². The van der Waals surface area contributed by atoms with Gasteiger partial charge in [0.25, 0.3) is 10.1 Å². The van der Waals surface area contributed by atoms with Crippen molar-refractivity contribution in [2.75, 3.05) is 6.61 Å². The van der Waals surface area contributed by atoms with Crippen LogP contribution in [0, 0.1) is 6.92 Å². The average molecular weight is 427 g/mol. The van der Waals surface area contributed by atoms with E-state index in [1.54, 1.807) is 12.1 Å². The van der Waals surface area contributed by atoms with E-state index >= 15 is 0 Å². The van der Waals surface area contributed by atoms with Crippen molar-refractivity contribution < 1.29 is 22.9 Å². The highest BCUT2D eigenvalue weighted by Crippen LogP contribution is 2.23. The van der Waals surface area contributed by atoms with Gasteiger partial charge < -0.3 is 5.11 Å². The Morgan fingerprint density at radius 2 is 1.33 bits per heavy atom.